The fourth-order valence-corrected chi connectivity index (χ4v) is 3.64. The fourth-order valence-electron chi connectivity index (χ4n) is 1.56. The van der Waals surface area contributed by atoms with Gasteiger partial charge in [0.15, 0.2) is 5.13 Å². The van der Waals surface area contributed by atoms with Crippen LogP contribution in [-0.2, 0) is 22.3 Å². The summed E-state index contributed by atoms with van der Waals surface area (Å²) in [7, 11) is -1.67. The Morgan fingerprint density at radius 3 is 2.75 bits per heavy atom. The number of halogens is 1. The molecule has 2 rings (SSSR count). The molecule has 1 aromatic carbocycles. The van der Waals surface area contributed by atoms with Crippen LogP contribution in [0.2, 0.25) is 5.02 Å². The number of nitrogens with one attached hydrogen (secondary N) is 2. The largest absolute Gasteiger partial charge is 0.365 e. The third-order valence-electron chi connectivity index (χ3n) is 2.54. The molecule has 0 aliphatic rings. The van der Waals surface area contributed by atoms with Crippen LogP contribution < -0.4 is 10.0 Å². The minimum atomic E-state index is -3.44. The van der Waals surface area contributed by atoms with E-state index in [0.717, 1.165) is 5.13 Å². The second-order valence-corrected chi connectivity index (χ2v) is 7.14. The zero-order valence-corrected chi connectivity index (χ0v) is 13.1. The molecule has 1 heterocycles. The Bertz CT molecular complexity index is 686. The van der Waals surface area contributed by atoms with Crippen molar-refractivity contribution in [3.63, 3.8) is 0 Å². The molecule has 0 amide bonds. The van der Waals surface area contributed by atoms with Crippen molar-refractivity contribution in [1.29, 1.82) is 0 Å². The lowest BCUT2D eigenvalue weighted by atomic mass is 10.2. The molecule has 0 bridgehead atoms. The van der Waals surface area contributed by atoms with Gasteiger partial charge in [-0.25, -0.2) is 18.1 Å². The minimum absolute atomic E-state index is 0.143. The first-order chi connectivity index (χ1) is 9.50. The van der Waals surface area contributed by atoms with E-state index in [4.69, 9.17) is 11.6 Å². The number of nitrogens with zero attached hydrogens (tertiary/aromatic N) is 1. The maximum absolute atomic E-state index is 12.0. The van der Waals surface area contributed by atoms with Gasteiger partial charge in [-0.05, 0) is 11.6 Å². The first kappa shape index (κ1) is 15.2. The van der Waals surface area contributed by atoms with E-state index < -0.39 is 10.0 Å². The number of hydrogen-bond donors (Lipinski definition) is 2. The average molecular weight is 332 g/mol. The predicted octanol–water partition coefficient (Wildman–Crippen LogP) is 2.46. The highest BCUT2D eigenvalue weighted by molar-refractivity contribution is 7.88. The Kier molecular flexibility index (Phi) is 4.98. The van der Waals surface area contributed by atoms with Crippen LogP contribution in [0, 0.1) is 0 Å². The maximum atomic E-state index is 12.0. The van der Waals surface area contributed by atoms with Crippen LogP contribution in [-0.4, -0.2) is 20.4 Å². The topological polar surface area (TPSA) is 71.1 Å². The Hall–Kier alpha value is -1.15. The van der Waals surface area contributed by atoms with E-state index in [-0.39, 0.29) is 12.3 Å². The van der Waals surface area contributed by atoms with Crippen molar-refractivity contribution in [3.05, 3.63) is 45.9 Å². The van der Waals surface area contributed by atoms with Gasteiger partial charge in [0.2, 0.25) is 10.0 Å². The first-order valence-corrected chi connectivity index (χ1v) is 8.74. The summed E-state index contributed by atoms with van der Waals surface area (Å²) in [5.41, 5.74) is 1.26. The summed E-state index contributed by atoms with van der Waals surface area (Å²) in [5, 5.41) is 5.92. The second kappa shape index (κ2) is 6.53. The standard InChI is InChI=1S/C12H14ClN3O2S2/c1-14-12-16-10(7-19-12)6-15-20(17,18)8-9-4-2-3-5-11(9)13/h2-5,7,15H,6,8H2,1H3,(H,14,16). The quantitative estimate of drug-likeness (QED) is 0.853. The van der Waals surface area contributed by atoms with Gasteiger partial charge >= 0.3 is 0 Å². The van der Waals surface area contributed by atoms with E-state index in [9.17, 15) is 8.42 Å². The monoisotopic (exact) mass is 331 g/mol. The molecule has 2 aromatic rings. The van der Waals surface area contributed by atoms with Gasteiger partial charge in [0.25, 0.3) is 0 Å². The molecule has 5 nitrogen and oxygen atoms in total. The molecule has 0 saturated carbocycles. The van der Waals surface area contributed by atoms with Gasteiger partial charge in [0, 0.05) is 17.5 Å². The van der Waals surface area contributed by atoms with Crippen molar-refractivity contribution >= 4 is 38.1 Å². The molecule has 0 saturated heterocycles. The lowest BCUT2D eigenvalue weighted by Gasteiger charge is -2.06. The molecular formula is C12H14ClN3O2S2. The highest BCUT2D eigenvalue weighted by atomic mass is 35.5. The summed E-state index contributed by atoms with van der Waals surface area (Å²) in [6, 6.07) is 6.90. The van der Waals surface area contributed by atoms with Crippen molar-refractivity contribution in [1.82, 2.24) is 9.71 Å². The van der Waals surface area contributed by atoms with Crippen LogP contribution in [0.25, 0.3) is 0 Å². The molecule has 0 radical (unpaired) electrons. The Morgan fingerprint density at radius 1 is 1.35 bits per heavy atom. The van der Waals surface area contributed by atoms with E-state index in [2.05, 4.69) is 15.0 Å². The van der Waals surface area contributed by atoms with E-state index in [1.807, 2.05) is 5.38 Å². The van der Waals surface area contributed by atoms with Crippen LogP contribution in [0.5, 0.6) is 0 Å². The van der Waals surface area contributed by atoms with E-state index in [0.29, 0.717) is 16.3 Å². The number of thiazole rings is 1. The number of sulfonamides is 1. The number of benzene rings is 1. The van der Waals surface area contributed by atoms with Gasteiger partial charge in [-0.3, -0.25) is 0 Å². The van der Waals surface area contributed by atoms with Crippen LogP contribution >= 0.6 is 22.9 Å². The van der Waals surface area contributed by atoms with Crippen LogP contribution in [0.3, 0.4) is 0 Å². The normalized spacial score (nSPS) is 11.5. The lowest BCUT2D eigenvalue weighted by Crippen LogP contribution is -2.25. The van der Waals surface area contributed by atoms with Crippen molar-refractivity contribution in [2.24, 2.45) is 0 Å². The van der Waals surface area contributed by atoms with Gasteiger partial charge in [-0.15, -0.1) is 11.3 Å². The Morgan fingerprint density at radius 2 is 2.10 bits per heavy atom. The van der Waals surface area contributed by atoms with Gasteiger partial charge in [0.1, 0.15) is 0 Å². The zero-order chi connectivity index (χ0) is 14.6. The molecule has 20 heavy (non-hydrogen) atoms. The second-order valence-electron chi connectivity index (χ2n) is 4.07. The summed E-state index contributed by atoms with van der Waals surface area (Å²) < 4.78 is 26.5. The van der Waals surface area contributed by atoms with Gasteiger partial charge in [-0.1, -0.05) is 29.8 Å². The van der Waals surface area contributed by atoms with Crippen LogP contribution in [0.15, 0.2) is 29.6 Å². The lowest BCUT2D eigenvalue weighted by molar-refractivity contribution is 0.580. The van der Waals surface area contributed by atoms with Crippen molar-refractivity contribution in [2.45, 2.75) is 12.3 Å². The van der Waals surface area contributed by atoms with Crippen molar-refractivity contribution < 1.29 is 8.42 Å². The molecule has 0 atom stereocenters. The minimum Gasteiger partial charge on any atom is -0.365 e. The highest BCUT2D eigenvalue weighted by Gasteiger charge is 2.14. The Balaban J connectivity index is 1.99. The van der Waals surface area contributed by atoms with Crippen LogP contribution in [0.4, 0.5) is 5.13 Å². The number of aromatic nitrogens is 1. The van der Waals surface area contributed by atoms with Crippen molar-refractivity contribution in [3.8, 4) is 0 Å². The summed E-state index contributed by atoms with van der Waals surface area (Å²) in [5.74, 6) is -0.143. The fraction of sp³-hybridized carbons (Fsp3) is 0.250. The highest BCUT2D eigenvalue weighted by Crippen LogP contribution is 2.18. The van der Waals surface area contributed by atoms with Gasteiger partial charge in [-0.2, -0.15) is 0 Å². The zero-order valence-electron chi connectivity index (χ0n) is 10.8. The van der Waals surface area contributed by atoms with E-state index in [1.54, 1.807) is 31.3 Å². The summed E-state index contributed by atoms with van der Waals surface area (Å²) in [4.78, 5) is 4.21. The number of anilines is 1. The third kappa shape index (κ3) is 4.17. The number of rotatable bonds is 6. The molecule has 108 valence electrons. The molecule has 0 aliphatic heterocycles. The Labute approximate surface area is 127 Å². The van der Waals surface area contributed by atoms with Gasteiger partial charge < -0.3 is 5.32 Å². The molecular weight excluding hydrogens is 318 g/mol. The SMILES string of the molecule is CNc1nc(CNS(=O)(=O)Cc2ccccc2Cl)cs1. The van der Waals surface area contributed by atoms with Crippen LogP contribution in [0.1, 0.15) is 11.3 Å². The summed E-state index contributed by atoms with van der Waals surface area (Å²) in [6.07, 6.45) is 0. The molecule has 1 aromatic heterocycles. The summed E-state index contributed by atoms with van der Waals surface area (Å²) in [6.45, 7) is 0.172. The maximum Gasteiger partial charge on any atom is 0.216 e. The molecule has 0 unspecified atom stereocenters. The van der Waals surface area contributed by atoms with E-state index >= 15 is 0 Å². The smallest absolute Gasteiger partial charge is 0.216 e. The van der Waals surface area contributed by atoms with E-state index in [1.165, 1.54) is 11.3 Å². The molecule has 0 spiro atoms. The molecule has 0 fully saturated rings. The van der Waals surface area contributed by atoms with Crippen molar-refractivity contribution in [2.75, 3.05) is 12.4 Å². The summed E-state index contributed by atoms with van der Waals surface area (Å²) >= 11 is 7.39. The molecule has 0 aliphatic carbocycles. The molecule has 2 N–H and O–H groups in total. The predicted molar refractivity (Wildman–Crippen MR) is 82.6 cm³/mol. The number of hydrogen-bond acceptors (Lipinski definition) is 5. The van der Waals surface area contributed by atoms with Gasteiger partial charge in [0.05, 0.1) is 18.0 Å². The first-order valence-electron chi connectivity index (χ1n) is 5.83. The average Bonchev–Trinajstić information content (AvgIpc) is 2.87. The third-order valence-corrected chi connectivity index (χ3v) is 5.09. The molecule has 8 heteroatoms.